The molecule has 0 unspecified atom stereocenters. The summed E-state index contributed by atoms with van der Waals surface area (Å²) >= 11 is 1.97. The van der Waals surface area contributed by atoms with Gasteiger partial charge in [0.1, 0.15) is 0 Å². The van der Waals surface area contributed by atoms with Gasteiger partial charge in [-0.15, -0.1) is 11.8 Å². The van der Waals surface area contributed by atoms with E-state index in [2.05, 4.69) is 54.8 Å². The molecule has 2 rings (SSSR count). The second-order valence-corrected chi connectivity index (χ2v) is 6.37. The number of guanidine groups is 1. The molecule has 0 spiro atoms. The summed E-state index contributed by atoms with van der Waals surface area (Å²) in [6.07, 6.45) is 2.53. The number of benzene rings is 1. The van der Waals surface area contributed by atoms with Crippen LogP contribution < -0.4 is 10.6 Å². The van der Waals surface area contributed by atoms with E-state index in [-0.39, 0.29) is 0 Å². The summed E-state index contributed by atoms with van der Waals surface area (Å²) in [7, 11) is 0. The average Bonchev–Trinajstić information content (AvgIpc) is 3.18. The highest BCUT2D eigenvalue weighted by Crippen LogP contribution is 2.51. The van der Waals surface area contributed by atoms with Gasteiger partial charge >= 0.3 is 0 Å². The van der Waals surface area contributed by atoms with E-state index in [0.717, 1.165) is 25.6 Å². The van der Waals surface area contributed by atoms with Crippen LogP contribution in [0.1, 0.15) is 26.7 Å². The van der Waals surface area contributed by atoms with Crippen LogP contribution in [0.5, 0.6) is 0 Å². The standard InChI is InChI=1S/C15H23N3S/c1-3-16-14(17-4-2)18-12-15(10-11-15)19-13-8-6-5-7-9-13/h5-9H,3-4,10-12H2,1-2H3,(H2,16,17,18). The lowest BCUT2D eigenvalue weighted by Crippen LogP contribution is -2.37. The first kappa shape index (κ1) is 14.3. The average molecular weight is 277 g/mol. The number of aliphatic imine (C=N–C) groups is 1. The third-order valence-electron chi connectivity index (χ3n) is 3.10. The molecular weight excluding hydrogens is 254 g/mol. The molecule has 0 heterocycles. The molecule has 0 saturated heterocycles. The lowest BCUT2D eigenvalue weighted by molar-refractivity contribution is 0.818. The summed E-state index contributed by atoms with van der Waals surface area (Å²) in [5.41, 5.74) is 0. The molecule has 0 aliphatic heterocycles. The second kappa shape index (κ2) is 6.85. The molecule has 1 aliphatic rings. The van der Waals surface area contributed by atoms with Gasteiger partial charge < -0.3 is 10.6 Å². The predicted molar refractivity (Wildman–Crippen MR) is 83.9 cm³/mol. The summed E-state index contributed by atoms with van der Waals surface area (Å²) in [5.74, 6) is 0.935. The van der Waals surface area contributed by atoms with Crippen molar-refractivity contribution < 1.29 is 0 Å². The van der Waals surface area contributed by atoms with Crippen LogP contribution in [0.4, 0.5) is 0 Å². The first-order valence-electron chi connectivity index (χ1n) is 7.04. The number of thioether (sulfide) groups is 1. The molecule has 0 aromatic heterocycles. The van der Waals surface area contributed by atoms with Crippen LogP contribution in [0, 0.1) is 0 Å². The fraction of sp³-hybridized carbons (Fsp3) is 0.533. The van der Waals surface area contributed by atoms with Crippen molar-refractivity contribution in [2.45, 2.75) is 36.3 Å². The zero-order valence-electron chi connectivity index (χ0n) is 11.8. The minimum Gasteiger partial charge on any atom is -0.357 e. The summed E-state index contributed by atoms with van der Waals surface area (Å²) in [6, 6.07) is 10.6. The Labute approximate surface area is 120 Å². The maximum absolute atomic E-state index is 4.71. The van der Waals surface area contributed by atoms with Crippen LogP contribution in [0.2, 0.25) is 0 Å². The van der Waals surface area contributed by atoms with E-state index in [4.69, 9.17) is 4.99 Å². The summed E-state index contributed by atoms with van der Waals surface area (Å²) < 4.78 is 0.331. The molecule has 1 fully saturated rings. The van der Waals surface area contributed by atoms with E-state index in [1.54, 1.807) is 0 Å². The van der Waals surface area contributed by atoms with Crippen molar-refractivity contribution in [1.82, 2.24) is 10.6 Å². The number of nitrogens with one attached hydrogen (secondary N) is 2. The minimum atomic E-state index is 0.331. The smallest absolute Gasteiger partial charge is 0.191 e. The highest BCUT2D eigenvalue weighted by atomic mass is 32.2. The molecule has 0 atom stereocenters. The molecule has 0 bridgehead atoms. The second-order valence-electron chi connectivity index (χ2n) is 4.82. The number of hydrogen-bond donors (Lipinski definition) is 2. The Kier molecular flexibility index (Phi) is 5.14. The van der Waals surface area contributed by atoms with Gasteiger partial charge in [-0.05, 0) is 38.8 Å². The van der Waals surface area contributed by atoms with E-state index in [1.165, 1.54) is 17.7 Å². The minimum absolute atomic E-state index is 0.331. The van der Waals surface area contributed by atoms with Crippen molar-refractivity contribution in [1.29, 1.82) is 0 Å². The van der Waals surface area contributed by atoms with Crippen LogP contribution in [0.3, 0.4) is 0 Å². The zero-order valence-corrected chi connectivity index (χ0v) is 12.6. The molecule has 2 N–H and O–H groups in total. The topological polar surface area (TPSA) is 36.4 Å². The lowest BCUT2D eigenvalue weighted by Gasteiger charge is -2.14. The first-order chi connectivity index (χ1) is 9.28. The molecule has 4 heteroatoms. The molecule has 3 nitrogen and oxygen atoms in total. The van der Waals surface area contributed by atoms with Crippen molar-refractivity contribution >= 4 is 17.7 Å². The van der Waals surface area contributed by atoms with Crippen molar-refractivity contribution in [3.05, 3.63) is 30.3 Å². The monoisotopic (exact) mass is 277 g/mol. The van der Waals surface area contributed by atoms with E-state index in [1.807, 2.05) is 11.8 Å². The van der Waals surface area contributed by atoms with Gasteiger partial charge in [-0.1, -0.05) is 18.2 Å². The van der Waals surface area contributed by atoms with Gasteiger partial charge in [-0.25, -0.2) is 0 Å². The van der Waals surface area contributed by atoms with Gasteiger partial charge in [0.15, 0.2) is 5.96 Å². The molecule has 1 saturated carbocycles. The Morgan fingerprint density at radius 2 is 1.79 bits per heavy atom. The van der Waals surface area contributed by atoms with Crippen LogP contribution in [0.25, 0.3) is 0 Å². The molecule has 19 heavy (non-hydrogen) atoms. The van der Waals surface area contributed by atoms with Crippen molar-refractivity contribution in [2.75, 3.05) is 19.6 Å². The van der Waals surface area contributed by atoms with Crippen LogP contribution in [-0.4, -0.2) is 30.3 Å². The fourth-order valence-corrected chi connectivity index (χ4v) is 3.13. The molecule has 0 radical (unpaired) electrons. The van der Waals surface area contributed by atoms with E-state index in [9.17, 15) is 0 Å². The van der Waals surface area contributed by atoms with E-state index >= 15 is 0 Å². The number of nitrogens with zero attached hydrogens (tertiary/aromatic N) is 1. The summed E-state index contributed by atoms with van der Waals surface area (Å²) in [6.45, 7) is 6.90. The Morgan fingerprint density at radius 3 is 2.32 bits per heavy atom. The van der Waals surface area contributed by atoms with Crippen LogP contribution >= 0.6 is 11.8 Å². The van der Waals surface area contributed by atoms with Crippen molar-refractivity contribution in [3.63, 3.8) is 0 Å². The predicted octanol–water partition coefficient (Wildman–Crippen LogP) is 2.89. The number of hydrogen-bond acceptors (Lipinski definition) is 2. The summed E-state index contributed by atoms with van der Waals surface area (Å²) in [4.78, 5) is 6.06. The molecule has 104 valence electrons. The van der Waals surface area contributed by atoms with E-state index in [0.29, 0.717) is 4.75 Å². The molecular formula is C15H23N3S. The van der Waals surface area contributed by atoms with Gasteiger partial charge in [0.05, 0.1) is 6.54 Å². The molecule has 0 amide bonds. The zero-order chi connectivity index (χ0) is 13.6. The SMILES string of the molecule is CCNC(=NCC1(Sc2ccccc2)CC1)NCC. The van der Waals surface area contributed by atoms with Crippen LogP contribution in [0.15, 0.2) is 40.2 Å². The Hall–Kier alpha value is -1.16. The van der Waals surface area contributed by atoms with Gasteiger partial charge in [0, 0.05) is 22.7 Å². The van der Waals surface area contributed by atoms with Crippen molar-refractivity contribution in [2.24, 2.45) is 4.99 Å². The number of rotatable bonds is 6. The Bertz CT molecular complexity index is 405. The summed E-state index contributed by atoms with van der Waals surface area (Å²) in [5, 5.41) is 6.55. The molecule has 1 aliphatic carbocycles. The molecule has 1 aromatic carbocycles. The highest BCUT2D eigenvalue weighted by Gasteiger charge is 2.43. The van der Waals surface area contributed by atoms with Gasteiger partial charge in [0.2, 0.25) is 0 Å². The first-order valence-corrected chi connectivity index (χ1v) is 7.86. The molecule has 1 aromatic rings. The third-order valence-corrected chi connectivity index (χ3v) is 4.58. The Morgan fingerprint density at radius 1 is 1.16 bits per heavy atom. The maximum Gasteiger partial charge on any atom is 0.191 e. The van der Waals surface area contributed by atoms with E-state index < -0.39 is 0 Å². The van der Waals surface area contributed by atoms with Gasteiger partial charge in [-0.2, -0.15) is 0 Å². The Balaban J connectivity index is 1.92. The largest absolute Gasteiger partial charge is 0.357 e. The maximum atomic E-state index is 4.71. The lowest BCUT2D eigenvalue weighted by atomic mass is 10.4. The van der Waals surface area contributed by atoms with Crippen LogP contribution in [-0.2, 0) is 0 Å². The van der Waals surface area contributed by atoms with Gasteiger partial charge in [0.25, 0.3) is 0 Å². The quantitative estimate of drug-likeness (QED) is 0.620. The van der Waals surface area contributed by atoms with Crippen molar-refractivity contribution in [3.8, 4) is 0 Å². The van der Waals surface area contributed by atoms with Gasteiger partial charge in [-0.3, -0.25) is 4.99 Å². The highest BCUT2D eigenvalue weighted by molar-refractivity contribution is 8.01. The fourth-order valence-electron chi connectivity index (χ4n) is 1.90. The third kappa shape index (κ3) is 4.46. The normalized spacial score (nSPS) is 15.7.